The second-order valence-corrected chi connectivity index (χ2v) is 6.44. The van der Waals surface area contributed by atoms with Crippen molar-refractivity contribution in [3.63, 3.8) is 0 Å². The normalized spacial score (nSPS) is 15.0. The van der Waals surface area contributed by atoms with Crippen LogP contribution in [-0.4, -0.2) is 34.2 Å². The lowest BCUT2D eigenvalue weighted by Crippen LogP contribution is -2.30. The van der Waals surface area contributed by atoms with Gasteiger partial charge in [-0.1, -0.05) is 15.9 Å². The molecule has 2 N–H and O–H groups in total. The summed E-state index contributed by atoms with van der Waals surface area (Å²) in [5, 5.41) is 9.41. The van der Waals surface area contributed by atoms with E-state index in [2.05, 4.69) is 41.3 Å². The van der Waals surface area contributed by atoms with Crippen molar-refractivity contribution < 1.29 is 9.18 Å². The molecule has 8 heteroatoms. The molecule has 0 atom stereocenters. The van der Waals surface area contributed by atoms with E-state index >= 15 is 0 Å². The number of rotatable bonds is 4. The Morgan fingerprint density at radius 1 is 1.33 bits per heavy atom. The standard InChI is InChI=1S/C16H17BrFN5O/c17-12-5-6-13(18)11(10-12)4-7-14(24)19-15-20-16(22-21-15)23-8-2-1-3-9-23/h4-7,10H,1-3,8-9H2,(H2,19,20,21,22,24)/b7-4+. The van der Waals surface area contributed by atoms with E-state index in [1.54, 1.807) is 12.1 Å². The quantitative estimate of drug-likeness (QED) is 0.781. The Kier molecular flexibility index (Phi) is 5.24. The van der Waals surface area contributed by atoms with E-state index in [1.807, 2.05) is 0 Å². The van der Waals surface area contributed by atoms with Gasteiger partial charge in [-0.05, 0) is 43.5 Å². The number of hydrogen-bond acceptors (Lipinski definition) is 4. The molecule has 0 spiro atoms. The lowest BCUT2D eigenvalue weighted by atomic mass is 10.1. The zero-order valence-corrected chi connectivity index (χ0v) is 14.5. The first kappa shape index (κ1) is 16.6. The van der Waals surface area contributed by atoms with Gasteiger partial charge in [0.25, 0.3) is 5.91 Å². The van der Waals surface area contributed by atoms with Crippen molar-refractivity contribution in [2.75, 3.05) is 23.3 Å². The van der Waals surface area contributed by atoms with Crippen LogP contribution in [0.2, 0.25) is 0 Å². The molecule has 2 heterocycles. The van der Waals surface area contributed by atoms with Crippen molar-refractivity contribution in [3.8, 4) is 0 Å². The number of anilines is 2. The van der Waals surface area contributed by atoms with Crippen molar-refractivity contribution in [2.45, 2.75) is 19.3 Å². The maximum absolute atomic E-state index is 13.6. The van der Waals surface area contributed by atoms with Gasteiger partial charge in [-0.3, -0.25) is 10.1 Å². The highest BCUT2D eigenvalue weighted by atomic mass is 79.9. The van der Waals surface area contributed by atoms with Gasteiger partial charge in [-0.2, -0.15) is 4.98 Å². The van der Waals surface area contributed by atoms with Gasteiger partial charge in [0.2, 0.25) is 11.9 Å². The topological polar surface area (TPSA) is 73.9 Å². The van der Waals surface area contributed by atoms with E-state index in [-0.39, 0.29) is 5.95 Å². The summed E-state index contributed by atoms with van der Waals surface area (Å²) < 4.78 is 14.4. The number of aromatic amines is 1. The van der Waals surface area contributed by atoms with Gasteiger partial charge in [0.05, 0.1) is 0 Å². The molecule has 24 heavy (non-hydrogen) atoms. The number of piperidine rings is 1. The summed E-state index contributed by atoms with van der Waals surface area (Å²) in [6, 6.07) is 4.54. The van der Waals surface area contributed by atoms with Crippen LogP contribution in [0.3, 0.4) is 0 Å². The van der Waals surface area contributed by atoms with Crippen molar-refractivity contribution >= 4 is 39.8 Å². The molecule has 1 fully saturated rings. The van der Waals surface area contributed by atoms with E-state index in [0.717, 1.165) is 30.4 Å². The number of nitrogens with zero attached hydrogens (tertiary/aromatic N) is 3. The molecular formula is C16H17BrFN5O. The highest BCUT2D eigenvalue weighted by Crippen LogP contribution is 2.18. The fourth-order valence-electron chi connectivity index (χ4n) is 2.51. The van der Waals surface area contributed by atoms with Gasteiger partial charge in [0.1, 0.15) is 5.82 Å². The molecule has 1 aromatic heterocycles. The van der Waals surface area contributed by atoms with Crippen LogP contribution in [0.4, 0.5) is 16.3 Å². The first-order chi connectivity index (χ1) is 11.6. The first-order valence-electron chi connectivity index (χ1n) is 7.73. The molecule has 1 aliphatic rings. The van der Waals surface area contributed by atoms with Crippen LogP contribution in [0.15, 0.2) is 28.7 Å². The summed E-state index contributed by atoms with van der Waals surface area (Å²) in [7, 11) is 0. The molecular weight excluding hydrogens is 377 g/mol. The van der Waals surface area contributed by atoms with E-state index < -0.39 is 11.7 Å². The maximum atomic E-state index is 13.6. The van der Waals surface area contributed by atoms with Gasteiger partial charge in [0.15, 0.2) is 0 Å². The average molecular weight is 394 g/mol. The van der Waals surface area contributed by atoms with Crippen molar-refractivity contribution in [2.24, 2.45) is 0 Å². The Balaban J connectivity index is 1.61. The van der Waals surface area contributed by atoms with Crippen molar-refractivity contribution in [3.05, 3.63) is 40.1 Å². The number of H-pyrrole nitrogens is 1. The highest BCUT2D eigenvalue weighted by molar-refractivity contribution is 9.10. The van der Waals surface area contributed by atoms with Crippen LogP contribution in [0, 0.1) is 5.82 Å². The third-order valence-electron chi connectivity index (χ3n) is 3.73. The summed E-state index contributed by atoms with van der Waals surface area (Å²) in [4.78, 5) is 18.3. The molecule has 1 amide bonds. The monoisotopic (exact) mass is 393 g/mol. The van der Waals surface area contributed by atoms with Crippen LogP contribution < -0.4 is 10.2 Å². The molecule has 2 aromatic rings. The number of benzene rings is 1. The summed E-state index contributed by atoms with van der Waals surface area (Å²) in [5.74, 6) is 0.0666. The predicted octanol–water partition coefficient (Wildman–Crippen LogP) is 3.35. The minimum Gasteiger partial charge on any atom is -0.340 e. The Labute approximate surface area is 147 Å². The highest BCUT2D eigenvalue weighted by Gasteiger charge is 2.15. The average Bonchev–Trinajstić information content (AvgIpc) is 3.05. The van der Waals surface area contributed by atoms with Crippen LogP contribution in [0.5, 0.6) is 0 Å². The number of amides is 1. The van der Waals surface area contributed by atoms with Gasteiger partial charge in [-0.15, -0.1) is 5.10 Å². The summed E-state index contributed by atoms with van der Waals surface area (Å²) in [6.07, 6.45) is 6.14. The second kappa shape index (κ2) is 7.57. The van der Waals surface area contributed by atoms with Crippen LogP contribution in [0.1, 0.15) is 24.8 Å². The van der Waals surface area contributed by atoms with Crippen molar-refractivity contribution in [1.29, 1.82) is 0 Å². The molecule has 0 aliphatic carbocycles. The number of aromatic nitrogens is 3. The van der Waals surface area contributed by atoms with E-state index in [9.17, 15) is 9.18 Å². The Morgan fingerprint density at radius 3 is 2.92 bits per heavy atom. The molecule has 1 aromatic carbocycles. The Morgan fingerprint density at radius 2 is 2.12 bits per heavy atom. The lowest BCUT2D eigenvalue weighted by Gasteiger charge is -2.24. The maximum Gasteiger partial charge on any atom is 0.250 e. The molecule has 0 radical (unpaired) electrons. The summed E-state index contributed by atoms with van der Waals surface area (Å²) >= 11 is 3.27. The number of carbonyl (C=O) groups is 1. The summed E-state index contributed by atoms with van der Waals surface area (Å²) in [6.45, 7) is 1.85. The minimum atomic E-state index is -0.407. The number of carbonyl (C=O) groups excluding carboxylic acids is 1. The van der Waals surface area contributed by atoms with Gasteiger partial charge in [-0.25, -0.2) is 9.49 Å². The number of halogens is 2. The van der Waals surface area contributed by atoms with Crippen LogP contribution >= 0.6 is 15.9 Å². The molecule has 3 rings (SSSR count). The van der Waals surface area contributed by atoms with E-state index in [1.165, 1.54) is 24.6 Å². The number of nitrogens with one attached hydrogen (secondary N) is 2. The predicted molar refractivity (Wildman–Crippen MR) is 94.2 cm³/mol. The third kappa shape index (κ3) is 4.19. The molecule has 1 saturated heterocycles. The van der Waals surface area contributed by atoms with Gasteiger partial charge < -0.3 is 4.90 Å². The zero-order valence-electron chi connectivity index (χ0n) is 12.9. The van der Waals surface area contributed by atoms with Gasteiger partial charge >= 0.3 is 0 Å². The van der Waals surface area contributed by atoms with Gasteiger partial charge in [0, 0.05) is 29.2 Å². The molecule has 6 nitrogen and oxygen atoms in total. The fraction of sp³-hybridized carbons (Fsp3) is 0.312. The van der Waals surface area contributed by atoms with Crippen molar-refractivity contribution in [1.82, 2.24) is 15.2 Å². The number of hydrogen-bond donors (Lipinski definition) is 2. The first-order valence-corrected chi connectivity index (χ1v) is 8.52. The smallest absolute Gasteiger partial charge is 0.250 e. The SMILES string of the molecule is O=C(/C=C/c1cc(Br)ccc1F)Nc1nc(N2CCCCC2)n[nH]1. The zero-order chi connectivity index (χ0) is 16.9. The van der Waals surface area contributed by atoms with Crippen LogP contribution in [-0.2, 0) is 4.79 Å². The van der Waals surface area contributed by atoms with Crippen LogP contribution in [0.25, 0.3) is 6.08 Å². The lowest BCUT2D eigenvalue weighted by molar-refractivity contribution is -0.111. The minimum absolute atomic E-state index is 0.278. The molecule has 1 aliphatic heterocycles. The van der Waals surface area contributed by atoms with E-state index in [4.69, 9.17) is 0 Å². The Bertz CT molecular complexity index is 755. The summed E-state index contributed by atoms with van der Waals surface area (Å²) in [5.41, 5.74) is 0.325. The fourth-order valence-corrected chi connectivity index (χ4v) is 2.89. The Hall–Kier alpha value is -2.22. The second-order valence-electron chi connectivity index (χ2n) is 5.52. The third-order valence-corrected chi connectivity index (χ3v) is 4.22. The largest absolute Gasteiger partial charge is 0.340 e. The molecule has 0 saturated carbocycles. The molecule has 0 unspecified atom stereocenters. The molecule has 126 valence electrons. The van der Waals surface area contributed by atoms with E-state index in [0.29, 0.717) is 11.5 Å². The molecule has 0 bridgehead atoms.